The maximum absolute atomic E-state index is 13.2. The molecule has 15 heteroatoms. The molecule has 0 saturated carbocycles. The van der Waals surface area contributed by atoms with E-state index < -0.39 is 11.3 Å². The summed E-state index contributed by atoms with van der Waals surface area (Å²) in [5.74, 6) is -0.748. The molecule has 0 aliphatic heterocycles. The lowest BCUT2D eigenvalue weighted by atomic mass is 10.0. The van der Waals surface area contributed by atoms with Crippen molar-refractivity contribution >= 4 is 23.5 Å². The van der Waals surface area contributed by atoms with E-state index in [1.165, 1.54) is 76.8 Å². The fourth-order valence-corrected chi connectivity index (χ4v) is 5.03. The quantitative estimate of drug-likeness (QED) is 0.136. The molecule has 0 amide bonds. The van der Waals surface area contributed by atoms with Crippen LogP contribution >= 0.6 is 23.5 Å². The first-order chi connectivity index (χ1) is 22.3. The van der Waals surface area contributed by atoms with Crippen LogP contribution in [0.25, 0.3) is 45.0 Å². The average Bonchev–Trinajstić information content (AvgIpc) is 3.63. The second kappa shape index (κ2) is 14.9. The van der Waals surface area contributed by atoms with Gasteiger partial charge in [0.15, 0.2) is 17.0 Å². The second-order valence-corrected chi connectivity index (χ2v) is 10.8. The van der Waals surface area contributed by atoms with Crippen LogP contribution in [0.15, 0.2) is 102 Å². The van der Waals surface area contributed by atoms with Gasteiger partial charge in [0.05, 0.1) is 22.5 Å². The van der Waals surface area contributed by atoms with E-state index in [9.17, 15) is 18.4 Å². The van der Waals surface area contributed by atoms with Gasteiger partial charge in [-0.3, -0.25) is 0 Å². The maximum Gasteiger partial charge on any atom is 0.366 e. The molecule has 6 rings (SSSR count). The van der Waals surface area contributed by atoms with Crippen molar-refractivity contribution in [2.24, 2.45) is 0 Å². The number of rotatable bonds is 9. The van der Waals surface area contributed by atoms with Gasteiger partial charge in [-0.25, -0.2) is 43.5 Å². The van der Waals surface area contributed by atoms with Gasteiger partial charge in [-0.1, -0.05) is 47.8 Å². The van der Waals surface area contributed by atoms with Gasteiger partial charge in [-0.05, 0) is 67.0 Å². The van der Waals surface area contributed by atoms with Crippen LogP contribution < -0.4 is 11.3 Å². The van der Waals surface area contributed by atoms with Crippen LogP contribution in [-0.2, 0) is 11.5 Å². The van der Waals surface area contributed by atoms with Crippen molar-refractivity contribution in [1.29, 1.82) is 0 Å². The van der Waals surface area contributed by atoms with Crippen LogP contribution in [0.5, 0.6) is 0 Å². The second-order valence-electron chi connectivity index (χ2n) is 9.22. The largest absolute Gasteiger partial charge is 0.366 e. The molecule has 6 aromatic rings. The highest BCUT2D eigenvalue weighted by atomic mass is 32.2. The first-order valence-electron chi connectivity index (χ1n) is 13.6. The minimum Gasteiger partial charge on any atom is -0.358 e. The third kappa shape index (κ3) is 7.33. The van der Waals surface area contributed by atoms with Crippen molar-refractivity contribution in [1.82, 2.24) is 29.8 Å². The van der Waals surface area contributed by atoms with Gasteiger partial charge in [0, 0.05) is 19.0 Å². The summed E-state index contributed by atoms with van der Waals surface area (Å²) in [6.45, 7) is 2.38. The SMILES string of the molecule is CCOCn1oc(=O)c(-c2ccc(F)cc2)c1-c1ccnc(SC)n1.CSc1nccc(-c2[nH]oc(=O)c2-c2ccc(F)cc2)n1. The Labute approximate surface area is 269 Å². The molecule has 0 radical (unpaired) electrons. The summed E-state index contributed by atoms with van der Waals surface area (Å²) >= 11 is 2.78. The minimum atomic E-state index is -0.536. The van der Waals surface area contributed by atoms with E-state index in [4.69, 9.17) is 13.8 Å². The van der Waals surface area contributed by atoms with Crippen molar-refractivity contribution in [3.05, 3.63) is 106 Å². The Bertz CT molecular complexity index is 2040. The first kappa shape index (κ1) is 32.5. The maximum atomic E-state index is 13.2. The van der Waals surface area contributed by atoms with Crippen LogP contribution in [0.4, 0.5) is 8.78 Å². The third-order valence-corrected chi connectivity index (χ3v) is 7.52. The van der Waals surface area contributed by atoms with Crippen LogP contribution in [0.2, 0.25) is 0 Å². The lowest BCUT2D eigenvalue weighted by Gasteiger charge is -2.08. The number of nitrogens with one attached hydrogen (secondary N) is 1. The number of hydrogen-bond donors (Lipinski definition) is 1. The molecule has 0 bridgehead atoms. The molecule has 1 N–H and O–H groups in total. The Kier molecular flexibility index (Phi) is 10.6. The molecule has 0 atom stereocenters. The van der Waals surface area contributed by atoms with E-state index in [2.05, 4.69) is 25.1 Å². The molecule has 46 heavy (non-hydrogen) atoms. The zero-order valence-electron chi connectivity index (χ0n) is 24.7. The number of hydrogen-bond acceptors (Lipinski definition) is 11. The lowest BCUT2D eigenvalue weighted by Crippen LogP contribution is -2.04. The molecule has 2 aromatic carbocycles. The van der Waals surface area contributed by atoms with Crippen molar-refractivity contribution in [3.8, 4) is 45.0 Å². The predicted molar refractivity (Wildman–Crippen MR) is 170 cm³/mol. The number of halogens is 2. The Morgan fingerprint density at radius 1 is 0.783 bits per heavy atom. The molecule has 0 spiro atoms. The number of benzene rings is 2. The normalized spacial score (nSPS) is 10.9. The van der Waals surface area contributed by atoms with E-state index in [1.807, 2.05) is 19.4 Å². The molecular formula is C31H26F2N6O5S2. The summed E-state index contributed by atoms with van der Waals surface area (Å²) in [6.07, 6.45) is 6.94. The zero-order valence-corrected chi connectivity index (χ0v) is 26.3. The fourth-order valence-electron chi connectivity index (χ4n) is 4.31. The predicted octanol–water partition coefficient (Wildman–Crippen LogP) is 6.37. The Morgan fingerprint density at radius 2 is 1.33 bits per heavy atom. The van der Waals surface area contributed by atoms with E-state index in [0.717, 1.165) is 0 Å². The number of H-pyrrole nitrogens is 1. The molecule has 0 unspecified atom stereocenters. The van der Waals surface area contributed by atoms with Crippen molar-refractivity contribution in [2.75, 3.05) is 19.1 Å². The Hall–Kier alpha value is -4.86. The highest BCUT2D eigenvalue weighted by molar-refractivity contribution is 7.98. The highest BCUT2D eigenvalue weighted by Gasteiger charge is 2.22. The number of nitrogens with zero attached hydrogens (tertiary/aromatic N) is 5. The summed E-state index contributed by atoms with van der Waals surface area (Å²) < 4.78 is 43.2. The van der Waals surface area contributed by atoms with Gasteiger partial charge in [-0.15, -0.1) is 0 Å². The van der Waals surface area contributed by atoms with Crippen LogP contribution in [0.3, 0.4) is 0 Å². The molecule has 236 valence electrons. The van der Waals surface area contributed by atoms with Crippen molar-refractivity contribution in [3.63, 3.8) is 0 Å². The summed E-state index contributed by atoms with van der Waals surface area (Å²) in [4.78, 5) is 41.4. The van der Waals surface area contributed by atoms with E-state index in [0.29, 0.717) is 61.9 Å². The number of ether oxygens (including phenoxy) is 1. The summed E-state index contributed by atoms with van der Waals surface area (Å²) in [5, 5.41) is 3.73. The van der Waals surface area contributed by atoms with Crippen LogP contribution in [-0.4, -0.2) is 49.0 Å². The van der Waals surface area contributed by atoms with Gasteiger partial charge in [0.1, 0.15) is 23.0 Å². The smallest absolute Gasteiger partial charge is 0.358 e. The summed E-state index contributed by atoms with van der Waals surface area (Å²) in [6, 6.07) is 14.7. The molecule has 0 aliphatic carbocycles. The monoisotopic (exact) mass is 664 g/mol. The first-order valence-corrected chi connectivity index (χ1v) is 16.1. The van der Waals surface area contributed by atoms with Crippen LogP contribution in [0, 0.1) is 11.6 Å². The van der Waals surface area contributed by atoms with Gasteiger partial charge in [0.25, 0.3) is 0 Å². The van der Waals surface area contributed by atoms with E-state index in [-0.39, 0.29) is 18.4 Å². The van der Waals surface area contributed by atoms with E-state index >= 15 is 0 Å². The number of aromatic nitrogens is 6. The zero-order chi connectivity index (χ0) is 32.6. The fraction of sp³-hybridized carbons (Fsp3) is 0.161. The summed E-state index contributed by atoms with van der Waals surface area (Å²) in [7, 11) is 0. The number of aromatic amines is 1. The minimum absolute atomic E-state index is 0.0703. The third-order valence-electron chi connectivity index (χ3n) is 6.39. The molecule has 0 fully saturated rings. The van der Waals surface area contributed by atoms with Gasteiger partial charge in [0.2, 0.25) is 0 Å². The molecule has 4 aromatic heterocycles. The molecule has 0 saturated heterocycles. The standard InChI is InChI=1S/C17H16FN3O3S.C14H10FN3O2S/c1-3-23-10-21-15(13-8-9-19-17(20-13)25-2)14(16(22)24-21)11-4-6-12(18)7-5-11;1-21-14-16-7-6-10(17-14)12-11(13(19)20-18-12)8-2-4-9(15)5-3-8/h4-9H,3,10H2,1-2H3;2-7,18H,1H3. The summed E-state index contributed by atoms with van der Waals surface area (Å²) in [5.41, 5.74) is 2.67. The highest BCUT2D eigenvalue weighted by Crippen LogP contribution is 2.30. The topological polar surface area (TPSA) is 142 Å². The Balaban J connectivity index is 0.000000184. The van der Waals surface area contributed by atoms with Crippen LogP contribution in [0.1, 0.15) is 6.92 Å². The lowest BCUT2D eigenvalue weighted by molar-refractivity contribution is 0.0314. The van der Waals surface area contributed by atoms with Crippen molar-refractivity contribution in [2.45, 2.75) is 24.0 Å². The van der Waals surface area contributed by atoms with E-state index in [1.54, 1.807) is 24.5 Å². The van der Waals surface area contributed by atoms with Crippen molar-refractivity contribution < 1.29 is 22.6 Å². The number of thioether (sulfide) groups is 2. The molecule has 4 heterocycles. The Morgan fingerprint density at radius 3 is 1.89 bits per heavy atom. The average molecular weight is 665 g/mol. The molecule has 11 nitrogen and oxygen atoms in total. The van der Waals surface area contributed by atoms with Gasteiger partial charge < -0.3 is 13.8 Å². The van der Waals surface area contributed by atoms with Gasteiger partial charge in [-0.2, -0.15) is 4.74 Å². The van der Waals surface area contributed by atoms with Gasteiger partial charge >= 0.3 is 11.3 Å². The molecule has 0 aliphatic rings. The molecular weight excluding hydrogens is 639 g/mol.